The van der Waals surface area contributed by atoms with Gasteiger partial charge in [-0.3, -0.25) is 7.32 Å². The number of carbonyl (C=O) groups is 9. The summed E-state index contributed by atoms with van der Waals surface area (Å²) in [5.41, 5.74) is 0. The van der Waals surface area contributed by atoms with Crippen molar-refractivity contribution < 1.29 is 128 Å². The molecular weight excluding hydrogens is 887 g/mol. The predicted molar refractivity (Wildman–Crippen MR) is 207 cm³/mol. The molecule has 21 nitrogen and oxygen atoms in total. The first-order chi connectivity index (χ1) is 29.3. The maximum absolute atomic E-state index is 11.2. The predicted octanol–water partition coefficient (Wildman–Crippen LogP) is -0.0817. The molecule has 28 heteroatoms. The Morgan fingerprint density at radius 3 is 0.531 bits per heavy atom. The number of esters is 6. The first-order valence-electron chi connectivity index (χ1n) is 19.6. The lowest BCUT2D eigenvalue weighted by Crippen LogP contribution is -2.56. The highest BCUT2D eigenvalue weighted by molar-refractivity contribution is 6.31. The van der Waals surface area contributed by atoms with E-state index >= 15 is 0 Å². The van der Waals surface area contributed by atoms with Crippen LogP contribution in [-0.2, 0) is 57.4 Å². The molecule has 0 amide bonds. The molecule has 0 rings (SSSR count). The van der Waals surface area contributed by atoms with Crippen molar-refractivity contribution in [2.75, 3.05) is 78.5 Å². The van der Waals surface area contributed by atoms with E-state index in [1.165, 1.54) is 92.0 Å². The Kier molecular flexibility index (Phi) is 48.5. The fourth-order valence-corrected chi connectivity index (χ4v) is 4.56. The Morgan fingerprint density at radius 2 is 0.484 bits per heavy atom. The van der Waals surface area contributed by atoms with Crippen molar-refractivity contribution in [3.8, 4) is 0 Å². The second kappa shape index (κ2) is 42.2. The molecule has 0 aliphatic rings. The van der Waals surface area contributed by atoms with Gasteiger partial charge in [-0.1, -0.05) is 0 Å². The average molecular weight is 954 g/mol. The molecule has 0 aromatic heterocycles. The Labute approximate surface area is 369 Å². The van der Waals surface area contributed by atoms with Gasteiger partial charge in [0.25, 0.3) is 0 Å². The molecule has 0 unspecified atom stereocenters. The number of hydrogen-bond acceptors (Lipinski definition) is 15. The molecule has 3 N–H and O–H groups in total. The van der Waals surface area contributed by atoms with E-state index in [2.05, 4.69) is 97.3 Å². The number of ether oxygens (including phenoxy) is 3. The second-order valence-corrected chi connectivity index (χ2v) is 12.1. The van der Waals surface area contributed by atoms with Crippen LogP contribution in [0.25, 0.3) is 0 Å². The van der Waals surface area contributed by atoms with Crippen molar-refractivity contribution in [1.82, 2.24) is 0 Å². The molecule has 0 atom stereocenters. The highest BCUT2D eigenvalue weighted by atomic mass is 19.3. The topological polar surface area (TPSA) is 311 Å². The minimum atomic E-state index is -3.50. The Morgan fingerprint density at radius 1 is 0.375 bits per heavy atom. The number of halogens is 6. The summed E-state index contributed by atoms with van der Waals surface area (Å²) < 4.78 is 80.7. The number of rotatable bonds is 15. The smallest absolute Gasteiger partial charge is 0.425 e. The Hall–Kier alpha value is -4.77. The van der Waals surface area contributed by atoms with Crippen LogP contribution in [0.1, 0.15) is 83.1 Å². The molecule has 0 aromatic carbocycles. The molecule has 0 bridgehead atoms. The van der Waals surface area contributed by atoms with E-state index in [-0.39, 0.29) is 0 Å². The number of carboxylic acids is 3. The molecule has 0 fully saturated rings. The van der Waals surface area contributed by atoms with Crippen LogP contribution in [-0.4, -0.2) is 188 Å². The van der Waals surface area contributed by atoms with E-state index in [4.69, 9.17) is 30.4 Å². The SMILES string of the molecule is CC[N+](CC)(CC)CC.CC[N+](CC)(CC)CC.CC[N+](CC)(CC)CC.O=C(O)C(=O)OC(=O)C(F)F.O=C(O)C(=O)OC(=O)C(F)F.O=C(O)C(=O)OC(=O)C(F)F.[O-]B([O-])[O-]. The van der Waals surface area contributed by atoms with Gasteiger partial charge in [0, 0.05) is 0 Å². The third-order valence-electron chi connectivity index (χ3n) is 9.69. The zero-order chi connectivity index (χ0) is 52.6. The first-order valence-corrected chi connectivity index (χ1v) is 19.6. The monoisotopic (exact) mass is 953 g/mol. The van der Waals surface area contributed by atoms with Crippen LogP contribution < -0.4 is 15.1 Å². The third-order valence-corrected chi connectivity index (χ3v) is 9.69. The fourth-order valence-electron chi connectivity index (χ4n) is 4.56. The Balaban J connectivity index is -0.000000120. The minimum absolute atomic E-state index is 1.28. The quantitative estimate of drug-likeness (QED) is 0.0368. The van der Waals surface area contributed by atoms with Crippen molar-refractivity contribution in [3.05, 3.63) is 0 Å². The number of hydrogen-bond donors (Lipinski definition) is 3. The summed E-state index contributed by atoms with van der Waals surface area (Å²) in [5, 5.41) is 48.5. The Bertz CT molecular complexity index is 1150. The van der Waals surface area contributed by atoms with E-state index in [1.54, 1.807) is 0 Å². The number of nitrogens with zero attached hydrogens (tertiary/aromatic N) is 3. The van der Waals surface area contributed by atoms with E-state index in [0.717, 1.165) is 0 Å². The second-order valence-electron chi connectivity index (χ2n) is 12.1. The molecule has 64 heavy (non-hydrogen) atoms. The van der Waals surface area contributed by atoms with Crippen molar-refractivity contribution in [2.45, 2.75) is 102 Å². The number of alkyl halides is 6. The molecule has 0 radical (unpaired) electrons. The number of carboxylic acid groups (broad SMARTS) is 3. The van der Waals surface area contributed by atoms with Crippen LogP contribution in [0.5, 0.6) is 0 Å². The van der Waals surface area contributed by atoms with Crippen molar-refractivity contribution in [2.24, 2.45) is 0 Å². The largest absolute Gasteiger partial charge is 0.907 e. The van der Waals surface area contributed by atoms with Crippen LogP contribution in [0.15, 0.2) is 0 Å². The van der Waals surface area contributed by atoms with Gasteiger partial charge in [0.15, 0.2) is 0 Å². The maximum Gasteiger partial charge on any atom is 0.425 e. The van der Waals surface area contributed by atoms with Gasteiger partial charge in [-0.25, -0.2) is 43.2 Å². The number of carbonyl (C=O) groups excluding carboxylic acids is 6. The normalized spacial score (nSPS) is 10.3. The molecule has 0 aliphatic carbocycles. The summed E-state index contributed by atoms with van der Waals surface area (Å²) in [6.07, 6.45) is -10.5. The lowest BCUT2D eigenvalue weighted by Gasteiger charge is -2.35. The standard InChI is InChI=1S/3C8H20N.3C4H2F2O5.BO3/c3*1-5-9(6-2,7-3)8-4;3*5-1(6)3(9)11-4(10)2(7)8;2-1(3)4/h3*5-8H2,1-4H3;3*1H,(H,7,8);/q3*+1;;;;-3. The lowest BCUT2D eigenvalue weighted by molar-refractivity contribution is -0.921. The van der Waals surface area contributed by atoms with E-state index < -0.39 is 80.3 Å². The molecular formula is C36H66BF6N3O18. The molecule has 0 saturated heterocycles. The van der Waals surface area contributed by atoms with Crippen LogP contribution in [0.2, 0.25) is 0 Å². The van der Waals surface area contributed by atoms with Gasteiger partial charge in [0.05, 0.1) is 78.5 Å². The zero-order valence-corrected chi connectivity index (χ0v) is 38.4. The molecule has 0 saturated carbocycles. The van der Waals surface area contributed by atoms with Crippen LogP contribution in [0, 0.1) is 0 Å². The summed E-state index contributed by atoms with van der Waals surface area (Å²) in [6.45, 7) is 42.7. The van der Waals surface area contributed by atoms with Crippen molar-refractivity contribution in [3.63, 3.8) is 0 Å². The van der Waals surface area contributed by atoms with Crippen LogP contribution in [0.3, 0.4) is 0 Å². The van der Waals surface area contributed by atoms with Gasteiger partial charge in [-0.05, 0) is 83.1 Å². The summed E-state index contributed by atoms with van der Waals surface area (Å²) in [5.74, 6) is -18.9. The summed E-state index contributed by atoms with van der Waals surface area (Å²) in [7, 11) is -2.92. The minimum Gasteiger partial charge on any atom is -0.907 e. The van der Waals surface area contributed by atoms with Gasteiger partial charge in [-0.2, -0.15) is 26.3 Å². The molecule has 0 aliphatic heterocycles. The fraction of sp³-hybridized carbons (Fsp3) is 0.750. The lowest BCUT2D eigenvalue weighted by atomic mass is 10.3. The molecule has 0 spiro atoms. The van der Waals surface area contributed by atoms with E-state index in [9.17, 15) is 69.5 Å². The summed E-state index contributed by atoms with van der Waals surface area (Å²) >= 11 is 0. The van der Waals surface area contributed by atoms with Crippen LogP contribution >= 0.6 is 0 Å². The average Bonchev–Trinajstić information content (AvgIpc) is 3.24. The number of quaternary nitrogens is 3. The van der Waals surface area contributed by atoms with Gasteiger partial charge in [-0.15, -0.1) is 0 Å². The third kappa shape index (κ3) is 40.0. The van der Waals surface area contributed by atoms with Crippen LogP contribution in [0.4, 0.5) is 26.3 Å². The molecule has 0 heterocycles. The maximum atomic E-state index is 11.2. The molecule has 378 valence electrons. The summed E-state index contributed by atoms with van der Waals surface area (Å²) in [4.78, 5) is 87.8. The van der Waals surface area contributed by atoms with Crippen molar-refractivity contribution >= 4 is 61.0 Å². The van der Waals surface area contributed by atoms with Crippen molar-refractivity contribution in [1.29, 1.82) is 0 Å². The highest BCUT2D eigenvalue weighted by Gasteiger charge is 2.26. The first kappa shape index (κ1) is 73.6. The molecule has 0 aromatic rings. The number of aliphatic carboxylic acids is 3. The van der Waals surface area contributed by atoms with Gasteiger partial charge in [0.1, 0.15) is 0 Å². The van der Waals surface area contributed by atoms with Gasteiger partial charge < -0.3 is 58.1 Å². The van der Waals surface area contributed by atoms with E-state index in [1.807, 2.05) is 0 Å². The van der Waals surface area contributed by atoms with E-state index in [0.29, 0.717) is 0 Å². The van der Waals surface area contributed by atoms with Gasteiger partial charge in [0.2, 0.25) is 0 Å². The summed E-state index contributed by atoms with van der Waals surface area (Å²) in [6, 6.07) is 0. The highest BCUT2D eigenvalue weighted by Crippen LogP contribution is 2.05. The van der Waals surface area contributed by atoms with Gasteiger partial charge >= 0.3 is 73.0 Å². The zero-order valence-electron chi connectivity index (χ0n) is 38.4.